The standard InChI is InChI=1S/C12H7BrN2O3S/c13-6-7-3-4-19-11(7)12-14-9-5-8(15(16)17)1-2-10(9)18-12/h1-5H,6H2. The monoisotopic (exact) mass is 338 g/mol. The molecule has 0 unspecified atom stereocenters. The maximum atomic E-state index is 10.7. The zero-order valence-corrected chi connectivity index (χ0v) is 11.9. The van der Waals surface area contributed by atoms with Gasteiger partial charge in [-0.25, -0.2) is 4.98 Å². The van der Waals surface area contributed by atoms with Crippen LogP contribution in [0.2, 0.25) is 0 Å². The molecule has 1 aromatic carbocycles. The summed E-state index contributed by atoms with van der Waals surface area (Å²) in [4.78, 5) is 15.5. The number of benzene rings is 1. The Kier molecular flexibility index (Phi) is 3.08. The molecule has 0 aliphatic heterocycles. The van der Waals surface area contributed by atoms with Crippen molar-refractivity contribution in [2.24, 2.45) is 0 Å². The van der Waals surface area contributed by atoms with Gasteiger partial charge < -0.3 is 4.42 Å². The van der Waals surface area contributed by atoms with Crippen LogP contribution in [0.3, 0.4) is 0 Å². The Hall–Kier alpha value is -1.73. The number of nitro groups is 1. The van der Waals surface area contributed by atoms with E-state index in [0.717, 1.165) is 10.4 Å². The summed E-state index contributed by atoms with van der Waals surface area (Å²) in [5.74, 6) is 0.500. The number of non-ortho nitro benzene ring substituents is 1. The number of thiophene rings is 1. The van der Waals surface area contributed by atoms with Gasteiger partial charge in [-0.2, -0.15) is 0 Å². The molecule has 0 radical (unpaired) electrons. The average molecular weight is 339 g/mol. The number of halogens is 1. The number of nitro benzene ring substituents is 1. The number of fused-ring (bicyclic) bond motifs is 1. The second-order valence-electron chi connectivity index (χ2n) is 3.84. The number of hydrogen-bond acceptors (Lipinski definition) is 5. The summed E-state index contributed by atoms with van der Waals surface area (Å²) in [5.41, 5.74) is 2.15. The van der Waals surface area contributed by atoms with Crippen LogP contribution < -0.4 is 0 Å². The second-order valence-corrected chi connectivity index (χ2v) is 5.31. The van der Waals surface area contributed by atoms with E-state index in [9.17, 15) is 10.1 Å². The fraction of sp³-hybridized carbons (Fsp3) is 0.0833. The molecule has 0 aliphatic carbocycles. The molecular formula is C12H7BrN2O3S. The van der Waals surface area contributed by atoms with Crippen molar-refractivity contribution in [2.75, 3.05) is 0 Å². The first-order valence-electron chi connectivity index (χ1n) is 5.36. The molecule has 3 aromatic rings. The van der Waals surface area contributed by atoms with E-state index in [1.165, 1.54) is 23.5 Å². The van der Waals surface area contributed by atoms with Crippen molar-refractivity contribution in [1.82, 2.24) is 4.98 Å². The lowest BCUT2D eigenvalue weighted by atomic mass is 10.3. The molecule has 7 heteroatoms. The molecule has 0 atom stereocenters. The molecule has 0 fully saturated rings. The van der Waals surface area contributed by atoms with Crippen LogP contribution in [0.5, 0.6) is 0 Å². The minimum atomic E-state index is -0.442. The van der Waals surface area contributed by atoms with Crippen molar-refractivity contribution in [1.29, 1.82) is 0 Å². The van der Waals surface area contributed by atoms with Crippen LogP contribution >= 0.6 is 27.3 Å². The third kappa shape index (κ3) is 2.15. The quantitative estimate of drug-likeness (QED) is 0.404. The molecule has 0 spiro atoms. The van der Waals surface area contributed by atoms with Crippen LogP contribution in [0.25, 0.3) is 21.9 Å². The normalized spacial score (nSPS) is 11.0. The van der Waals surface area contributed by atoms with Crippen molar-refractivity contribution in [3.63, 3.8) is 0 Å². The Balaban J connectivity index is 2.14. The zero-order chi connectivity index (χ0) is 13.4. The molecule has 96 valence electrons. The van der Waals surface area contributed by atoms with Crippen LogP contribution in [0.1, 0.15) is 5.56 Å². The molecular weight excluding hydrogens is 332 g/mol. The lowest BCUT2D eigenvalue weighted by Gasteiger charge is -1.93. The smallest absolute Gasteiger partial charge is 0.271 e. The summed E-state index contributed by atoms with van der Waals surface area (Å²) in [7, 11) is 0. The first kappa shape index (κ1) is 12.3. The number of aromatic nitrogens is 1. The predicted octanol–water partition coefficient (Wildman–Crippen LogP) is 4.36. The first-order chi connectivity index (χ1) is 9.19. The number of alkyl halides is 1. The van der Waals surface area contributed by atoms with Gasteiger partial charge in [0.2, 0.25) is 5.89 Å². The van der Waals surface area contributed by atoms with Gasteiger partial charge >= 0.3 is 0 Å². The van der Waals surface area contributed by atoms with Gasteiger partial charge in [-0.1, -0.05) is 15.9 Å². The van der Waals surface area contributed by atoms with Gasteiger partial charge in [-0.15, -0.1) is 11.3 Å². The highest BCUT2D eigenvalue weighted by molar-refractivity contribution is 9.08. The van der Waals surface area contributed by atoms with Crippen LogP contribution in [-0.2, 0) is 5.33 Å². The maximum absolute atomic E-state index is 10.7. The lowest BCUT2D eigenvalue weighted by molar-refractivity contribution is -0.384. The minimum absolute atomic E-state index is 0.0132. The molecule has 2 heterocycles. The molecule has 0 bridgehead atoms. The highest BCUT2D eigenvalue weighted by Crippen LogP contribution is 2.33. The van der Waals surface area contributed by atoms with Crippen molar-refractivity contribution < 1.29 is 9.34 Å². The van der Waals surface area contributed by atoms with Crippen molar-refractivity contribution in [3.05, 3.63) is 45.3 Å². The van der Waals surface area contributed by atoms with Crippen molar-refractivity contribution in [3.8, 4) is 10.8 Å². The zero-order valence-electron chi connectivity index (χ0n) is 9.50. The van der Waals surface area contributed by atoms with Crippen molar-refractivity contribution >= 4 is 44.1 Å². The fourth-order valence-electron chi connectivity index (χ4n) is 1.76. The van der Waals surface area contributed by atoms with Gasteiger partial charge in [-0.3, -0.25) is 10.1 Å². The van der Waals surface area contributed by atoms with E-state index >= 15 is 0 Å². The third-order valence-corrected chi connectivity index (χ3v) is 4.22. The molecule has 5 nitrogen and oxygen atoms in total. The van der Waals surface area contributed by atoms with E-state index in [4.69, 9.17) is 4.42 Å². The number of hydrogen-bond donors (Lipinski definition) is 0. The van der Waals surface area contributed by atoms with Gasteiger partial charge in [0.1, 0.15) is 5.52 Å². The van der Waals surface area contributed by atoms with Crippen LogP contribution in [0.4, 0.5) is 5.69 Å². The van der Waals surface area contributed by atoms with E-state index < -0.39 is 4.92 Å². The Bertz CT molecular complexity index is 765. The van der Waals surface area contributed by atoms with Crippen LogP contribution in [-0.4, -0.2) is 9.91 Å². The summed E-state index contributed by atoms with van der Waals surface area (Å²) in [5, 5.41) is 13.4. The second kappa shape index (κ2) is 4.75. The van der Waals surface area contributed by atoms with Gasteiger partial charge in [-0.05, 0) is 23.1 Å². The summed E-state index contributed by atoms with van der Waals surface area (Å²) in [6, 6.07) is 6.40. The molecule has 19 heavy (non-hydrogen) atoms. The Labute approximate surface area is 120 Å². The molecule has 0 N–H and O–H groups in total. The molecule has 0 saturated carbocycles. The highest BCUT2D eigenvalue weighted by atomic mass is 79.9. The van der Waals surface area contributed by atoms with E-state index in [0.29, 0.717) is 22.3 Å². The number of rotatable bonds is 3. The fourth-order valence-corrected chi connectivity index (χ4v) is 3.26. The molecule has 0 amide bonds. The average Bonchev–Trinajstić information content (AvgIpc) is 3.03. The van der Waals surface area contributed by atoms with E-state index in [2.05, 4.69) is 20.9 Å². The number of oxazole rings is 1. The Morgan fingerprint density at radius 3 is 3.00 bits per heavy atom. The van der Waals surface area contributed by atoms with E-state index in [1.54, 1.807) is 6.07 Å². The third-order valence-electron chi connectivity index (χ3n) is 2.67. The summed E-state index contributed by atoms with van der Waals surface area (Å²) in [6.45, 7) is 0. The summed E-state index contributed by atoms with van der Waals surface area (Å²) in [6.07, 6.45) is 0. The van der Waals surface area contributed by atoms with Gasteiger partial charge in [0, 0.05) is 17.5 Å². The van der Waals surface area contributed by atoms with Crippen LogP contribution in [0.15, 0.2) is 34.1 Å². The van der Waals surface area contributed by atoms with Gasteiger partial charge in [0.05, 0.1) is 9.80 Å². The van der Waals surface area contributed by atoms with Gasteiger partial charge in [0.15, 0.2) is 5.58 Å². The summed E-state index contributed by atoms with van der Waals surface area (Å²) < 4.78 is 5.65. The molecule has 3 rings (SSSR count). The van der Waals surface area contributed by atoms with E-state index in [-0.39, 0.29) is 5.69 Å². The Morgan fingerprint density at radius 2 is 2.26 bits per heavy atom. The molecule has 2 aromatic heterocycles. The Morgan fingerprint density at radius 1 is 1.42 bits per heavy atom. The largest absolute Gasteiger partial charge is 0.435 e. The first-order valence-corrected chi connectivity index (χ1v) is 7.37. The van der Waals surface area contributed by atoms with Crippen molar-refractivity contribution in [2.45, 2.75) is 5.33 Å². The van der Waals surface area contributed by atoms with Crippen LogP contribution in [0, 0.1) is 10.1 Å². The predicted molar refractivity (Wildman–Crippen MR) is 76.6 cm³/mol. The highest BCUT2D eigenvalue weighted by Gasteiger charge is 2.15. The molecule has 0 saturated heterocycles. The van der Waals surface area contributed by atoms with Gasteiger partial charge in [0.25, 0.3) is 5.69 Å². The molecule has 0 aliphatic rings. The SMILES string of the molecule is O=[N+]([O-])c1ccc2oc(-c3sccc3CBr)nc2c1. The maximum Gasteiger partial charge on any atom is 0.271 e. The summed E-state index contributed by atoms with van der Waals surface area (Å²) >= 11 is 4.94. The lowest BCUT2D eigenvalue weighted by Crippen LogP contribution is -1.86. The van der Waals surface area contributed by atoms with E-state index in [1.807, 2.05) is 11.4 Å². The minimum Gasteiger partial charge on any atom is -0.435 e. The topological polar surface area (TPSA) is 69.2 Å². The number of nitrogens with zero attached hydrogens (tertiary/aromatic N) is 2.